The number of rotatable bonds is 6. The van der Waals surface area contributed by atoms with Crippen molar-refractivity contribution in [2.45, 2.75) is 19.8 Å². The molecule has 0 aliphatic carbocycles. The molecule has 3 heterocycles. The predicted octanol–water partition coefficient (Wildman–Crippen LogP) is 3.80. The Balaban J connectivity index is 1.33. The first-order valence-electron chi connectivity index (χ1n) is 8.86. The molecule has 4 rings (SSSR count). The van der Waals surface area contributed by atoms with Crippen LogP contribution in [-0.2, 0) is 9.59 Å². The Hall–Kier alpha value is -2.43. The standard InChI is InChI=1S/C19H17N3O4S3/c1-11-9-28-18(20-11)21-16(23)3-2-6-22-17(24)15(29-19(22)27)8-12-4-5-13-14(7-12)26-10-25-13/h4-5,7-9H,2-3,6,10H2,1H3,(H,20,21,23)/b15-8-. The quantitative estimate of drug-likeness (QED) is 0.533. The SMILES string of the molecule is Cc1csc(NC(=O)CCCN2C(=O)/C(=C/c3ccc4c(c3)OCO4)SC2=S)n1. The van der Waals surface area contributed by atoms with Crippen molar-refractivity contribution in [2.24, 2.45) is 0 Å². The molecule has 0 spiro atoms. The van der Waals surface area contributed by atoms with Crippen LogP contribution in [0.2, 0.25) is 0 Å². The fourth-order valence-corrected chi connectivity index (χ4v) is 4.85. The van der Waals surface area contributed by atoms with Crippen molar-refractivity contribution in [3.05, 3.63) is 39.7 Å². The number of nitrogens with one attached hydrogen (secondary N) is 1. The number of fused-ring (bicyclic) bond motifs is 1. The van der Waals surface area contributed by atoms with Crippen LogP contribution < -0.4 is 14.8 Å². The maximum atomic E-state index is 12.7. The highest BCUT2D eigenvalue weighted by molar-refractivity contribution is 8.26. The topological polar surface area (TPSA) is 80.8 Å². The van der Waals surface area contributed by atoms with Crippen molar-refractivity contribution in [2.75, 3.05) is 18.7 Å². The number of carbonyl (C=O) groups is 2. The molecule has 10 heteroatoms. The summed E-state index contributed by atoms with van der Waals surface area (Å²) in [4.78, 5) is 31.0. The second kappa shape index (κ2) is 8.52. The van der Waals surface area contributed by atoms with Crippen LogP contribution in [-0.4, -0.2) is 39.4 Å². The van der Waals surface area contributed by atoms with Gasteiger partial charge in [-0.1, -0.05) is 30.0 Å². The largest absolute Gasteiger partial charge is 0.454 e. The van der Waals surface area contributed by atoms with Gasteiger partial charge in [-0.3, -0.25) is 14.5 Å². The number of thioether (sulfide) groups is 1. The third-order valence-electron chi connectivity index (χ3n) is 4.22. The molecule has 7 nitrogen and oxygen atoms in total. The second-order valence-corrected chi connectivity index (χ2v) is 8.93. The molecule has 0 atom stereocenters. The van der Waals surface area contributed by atoms with Crippen LogP contribution in [0, 0.1) is 6.92 Å². The van der Waals surface area contributed by atoms with Gasteiger partial charge in [-0.25, -0.2) is 4.98 Å². The number of anilines is 1. The molecule has 2 aliphatic heterocycles. The molecule has 1 saturated heterocycles. The first kappa shape index (κ1) is 19.9. The van der Waals surface area contributed by atoms with Gasteiger partial charge in [0.25, 0.3) is 5.91 Å². The first-order valence-corrected chi connectivity index (χ1v) is 11.0. The van der Waals surface area contributed by atoms with Gasteiger partial charge in [0.05, 0.1) is 10.6 Å². The molecule has 0 radical (unpaired) electrons. The lowest BCUT2D eigenvalue weighted by Crippen LogP contribution is -2.29. The Morgan fingerprint density at radius 2 is 2.21 bits per heavy atom. The van der Waals surface area contributed by atoms with Gasteiger partial charge in [-0.05, 0) is 37.1 Å². The summed E-state index contributed by atoms with van der Waals surface area (Å²) in [7, 11) is 0. The number of nitrogens with zero attached hydrogens (tertiary/aromatic N) is 2. The third kappa shape index (κ3) is 4.60. The van der Waals surface area contributed by atoms with E-state index in [9.17, 15) is 9.59 Å². The number of amides is 2. The molecule has 1 N–H and O–H groups in total. The highest BCUT2D eigenvalue weighted by Gasteiger charge is 2.31. The second-order valence-electron chi connectivity index (χ2n) is 6.39. The van der Waals surface area contributed by atoms with Crippen molar-refractivity contribution in [1.82, 2.24) is 9.88 Å². The van der Waals surface area contributed by atoms with Crippen LogP contribution in [0.1, 0.15) is 24.1 Å². The molecule has 150 valence electrons. The van der Waals surface area contributed by atoms with Crippen molar-refractivity contribution in [3.63, 3.8) is 0 Å². The number of aromatic nitrogens is 1. The van der Waals surface area contributed by atoms with Gasteiger partial charge in [0, 0.05) is 18.3 Å². The van der Waals surface area contributed by atoms with Gasteiger partial charge >= 0.3 is 0 Å². The van der Waals surface area contributed by atoms with Crippen LogP contribution in [0.15, 0.2) is 28.5 Å². The molecule has 2 aliphatic rings. The number of thiazole rings is 1. The number of hydrogen-bond acceptors (Lipinski definition) is 8. The predicted molar refractivity (Wildman–Crippen MR) is 117 cm³/mol. The zero-order valence-corrected chi connectivity index (χ0v) is 17.9. The summed E-state index contributed by atoms with van der Waals surface area (Å²) in [5, 5.41) is 5.23. The summed E-state index contributed by atoms with van der Waals surface area (Å²) in [6.07, 6.45) is 2.59. The number of carbonyl (C=O) groups excluding carboxylic acids is 2. The summed E-state index contributed by atoms with van der Waals surface area (Å²) >= 11 is 8.00. The van der Waals surface area contributed by atoms with E-state index in [1.165, 1.54) is 23.1 Å². The van der Waals surface area contributed by atoms with Crippen LogP contribution in [0.5, 0.6) is 11.5 Å². The highest BCUT2D eigenvalue weighted by atomic mass is 32.2. The van der Waals surface area contributed by atoms with Crippen molar-refractivity contribution in [1.29, 1.82) is 0 Å². The molecule has 1 aromatic carbocycles. The Bertz CT molecular complexity index is 1020. The van der Waals surface area contributed by atoms with E-state index in [1.807, 2.05) is 30.5 Å². The molecular weight excluding hydrogens is 430 g/mol. The molecule has 1 aromatic heterocycles. The van der Waals surface area contributed by atoms with E-state index in [1.54, 1.807) is 11.0 Å². The minimum atomic E-state index is -0.145. The van der Waals surface area contributed by atoms with Crippen LogP contribution >= 0.6 is 35.3 Å². The number of ether oxygens (including phenoxy) is 2. The summed E-state index contributed by atoms with van der Waals surface area (Å²) in [5.41, 5.74) is 1.71. The van der Waals surface area contributed by atoms with Crippen LogP contribution in [0.25, 0.3) is 6.08 Å². The molecule has 2 aromatic rings. The maximum Gasteiger partial charge on any atom is 0.266 e. The normalized spacial score (nSPS) is 16.7. The minimum Gasteiger partial charge on any atom is -0.454 e. The van der Waals surface area contributed by atoms with Crippen LogP contribution in [0.4, 0.5) is 5.13 Å². The Morgan fingerprint density at radius 1 is 1.38 bits per heavy atom. The lowest BCUT2D eigenvalue weighted by Gasteiger charge is -2.13. The average Bonchev–Trinajstić information content (AvgIpc) is 3.37. The van der Waals surface area contributed by atoms with Gasteiger partial charge in [-0.15, -0.1) is 11.3 Å². The van der Waals surface area contributed by atoms with E-state index < -0.39 is 0 Å². The van der Waals surface area contributed by atoms with Crippen molar-refractivity contribution >= 4 is 62.7 Å². The highest BCUT2D eigenvalue weighted by Crippen LogP contribution is 2.36. The van der Waals surface area contributed by atoms with Gasteiger partial charge in [0.1, 0.15) is 4.32 Å². The zero-order chi connectivity index (χ0) is 20.4. The Labute approximate surface area is 181 Å². The molecule has 2 amide bonds. The van der Waals surface area contributed by atoms with Crippen molar-refractivity contribution < 1.29 is 19.1 Å². The van der Waals surface area contributed by atoms with Gasteiger partial charge in [0.15, 0.2) is 16.6 Å². The fraction of sp³-hybridized carbons (Fsp3) is 0.263. The summed E-state index contributed by atoms with van der Waals surface area (Å²) < 4.78 is 11.2. The van der Waals surface area contributed by atoms with E-state index in [0.29, 0.717) is 38.8 Å². The van der Waals surface area contributed by atoms with Crippen LogP contribution in [0.3, 0.4) is 0 Å². The number of benzene rings is 1. The van der Waals surface area contributed by atoms with E-state index >= 15 is 0 Å². The maximum absolute atomic E-state index is 12.7. The van der Waals surface area contributed by atoms with Gasteiger partial charge < -0.3 is 14.8 Å². The van der Waals surface area contributed by atoms with Crippen molar-refractivity contribution in [3.8, 4) is 11.5 Å². The Morgan fingerprint density at radius 3 is 3.00 bits per heavy atom. The lowest BCUT2D eigenvalue weighted by atomic mass is 10.2. The summed E-state index contributed by atoms with van der Waals surface area (Å²) in [6.45, 7) is 2.47. The monoisotopic (exact) mass is 447 g/mol. The fourth-order valence-electron chi connectivity index (χ4n) is 2.84. The lowest BCUT2D eigenvalue weighted by molar-refractivity contribution is -0.122. The average molecular weight is 448 g/mol. The minimum absolute atomic E-state index is 0.124. The number of aryl methyl sites for hydroxylation is 1. The van der Waals surface area contributed by atoms with Gasteiger partial charge in [0.2, 0.25) is 12.7 Å². The van der Waals surface area contributed by atoms with E-state index in [-0.39, 0.29) is 25.0 Å². The molecule has 29 heavy (non-hydrogen) atoms. The number of hydrogen-bond donors (Lipinski definition) is 1. The van der Waals surface area contributed by atoms with E-state index in [4.69, 9.17) is 21.7 Å². The molecule has 0 bridgehead atoms. The van der Waals surface area contributed by atoms with Gasteiger partial charge in [-0.2, -0.15) is 0 Å². The first-order chi connectivity index (χ1) is 14.0. The summed E-state index contributed by atoms with van der Waals surface area (Å²) in [5.74, 6) is 1.09. The molecule has 1 fully saturated rings. The third-order valence-corrected chi connectivity index (χ3v) is 6.47. The zero-order valence-electron chi connectivity index (χ0n) is 15.5. The summed E-state index contributed by atoms with van der Waals surface area (Å²) in [6, 6.07) is 5.52. The van der Waals surface area contributed by atoms with E-state index in [0.717, 1.165) is 11.3 Å². The molecule has 0 unspecified atom stereocenters. The number of thiocarbonyl (C=S) groups is 1. The Kier molecular flexibility index (Phi) is 5.84. The molecule has 0 saturated carbocycles. The smallest absolute Gasteiger partial charge is 0.266 e. The molecular formula is C19H17N3O4S3. The van der Waals surface area contributed by atoms with E-state index in [2.05, 4.69) is 10.3 Å².